The molecule has 1 fully saturated rings. The van der Waals surface area contributed by atoms with Gasteiger partial charge in [0.25, 0.3) is 0 Å². The van der Waals surface area contributed by atoms with Crippen LogP contribution >= 0.6 is 0 Å². The minimum absolute atomic E-state index is 0.101. The van der Waals surface area contributed by atoms with Gasteiger partial charge in [0.2, 0.25) is 17.7 Å². The van der Waals surface area contributed by atoms with Crippen LogP contribution in [0.15, 0.2) is 52.9 Å². The van der Waals surface area contributed by atoms with E-state index in [2.05, 4.69) is 33.4 Å². The fourth-order valence-corrected chi connectivity index (χ4v) is 4.84. The Balaban J connectivity index is 1.30. The third-order valence-electron chi connectivity index (χ3n) is 6.38. The van der Waals surface area contributed by atoms with Gasteiger partial charge in [0.15, 0.2) is 0 Å². The van der Waals surface area contributed by atoms with Crippen LogP contribution in [0, 0.1) is 6.92 Å². The van der Waals surface area contributed by atoms with Crippen molar-refractivity contribution in [3.8, 4) is 11.5 Å². The smallest absolute Gasteiger partial charge is 0.248 e. The van der Waals surface area contributed by atoms with Crippen LogP contribution in [0.2, 0.25) is 0 Å². The highest BCUT2D eigenvalue weighted by Gasteiger charge is 2.35. The van der Waals surface area contributed by atoms with Crippen LogP contribution in [0.5, 0.6) is 0 Å². The van der Waals surface area contributed by atoms with Gasteiger partial charge in [0, 0.05) is 35.3 Å². The van der Waals surface area contributed by atoms with E-state index in [-0.39, 0.29) is 11.8 Å². The van der Waals surface area contributed by atoms with Crippen LogP contribution < -0.4 is 4.90 Å². The SMILES string of the molecule is Cc1cc(-c2nnc(C3CC(=O)N(c4ccc5c(c4)CCC5)C3)o2)c2ccccc2n1. The average Bonchev–Trinajstić information content (AvgIpc) is 3.51. The first kappa shape index (κ1) is 18.2. The van der Waals surface area contributed by atoms with Crippen molar-refractivity contribution in [1.82, 2.24) is 15.2 Å². The van der Waals surface area contributed by atoms with Gasteiger partial charge in [-0.05, 0) is 61.6 Å². The Hall–Kier alpha value is -3.54. The van der Waals surface area contributed by atoms with Crippen molar-refractivity contribution in [3.05, 3.63) is 71.2 Å². The van der Waals surface area contributed by atoms with Gasteiger partial charge >= 0.3 is 0 Å². The van der Waals surface area contributed by atoms with Gasteiger partial charge in [-0.15, -0.1) is 10.2 Å². The molecule has 6 heteroatoms. The van der Waals surface area contributed by atoms with Crippen molar-refractivity contribution in [3.63, 3.8) is 0 Å². The summed E-state index contributed by atoms with van der Waals surface area (Å²) in [7, 11) is 0. The molecule has 2 aromatic carbocycles. The quantitative estimate of drug-likeness (QED) is 0.493. The number of benzene rings is 2. The van der Waals surface area contributed by atoms with Gasteiger partial charge < -0.3 is 9.32 Å². The predicted molar refractivity (Wildman–Crippen MR) is 118 cm³/mol. The van der Waals surface area contributed by atoms with Crippen molar-refractivity contribution < 1.29 is 9.21 Å². The van der Waals surface area contributed by atoms with E-state index in [1.807, 2.05) is 42.2 Å². The standard InChI is InChI=1S/C25H22N4O2/c1-15-11-21(20-7-2-3-8-22(20)26-15)25-28-27-24(31-25)18-13-23(30)29(14-18)19-10-9-16-5-4-6-17(16)12-19/h2-3,7-12,18H,4-6,13-14H2,1H3. The maximum atomic E-state index is 12.8. The van der Waals surface area contributed by atoms with Crippen LogP contribution in [-0.2, 0) is 17.6 Å². The highest BCUT2D eigenvalue weighted by atomic mass is 16.4. The van der Waals surface area contributed by atoms with Crippen LogP contribution in [0.3, 0.4) is 0 Å². The molecule has 1 aliphatic heterocycles. The maximum Gasteiger partial charge on any atom is 0.248 e. The molecule has 0 radical (unpaired) electrons. The highest BCUT2D eigenvalue weighted by Crippen LogP contribution is 2.35. The van der Waals surface area contributed by atoms with Gasteiger partial charge in [0.1, 0.15) is 0 Å². The molecule has 0 spiro atoms. The summed E-state index contributed by atoms with van der Waals surface area (Å²) in [5.41, 5.74) is 6.43. The number of carbonyl (C=O) groups excluding carboxylic acids is 1. The molecule has 0 saturated carbocycles. The molecule has 1 atom stereocenters. The number of anilines is 1. The third kappa shape index (κ3) is 3.10. The minimum atomic E-state index is -0.101. The topological polar surface area (TPSA) is 72.1 Å². The number of aryl methyl sites for hydroxylation is 3. The summed E-state index contributed by atoms with van der Waals surface area (Å²) in [5, 5.41) is 9.61. The van der Waals surface area contributed by atoms with E-state index in [0.29, 0.717) is 24.7 Å². The molecule has 2 aliphatic rings. The number of fused-ring (bicyclic) bond motifs is 2. The van der Waals surface area contributed by atoms with E-state index in [1.54, 1.807) is 0 Å². The Morgan fingerprint density at radius 3 is 2.84 bits per heavy atom. The molecule has 1 unspecified atom stereocenters. The van der Waals surface area contributed by atoms with Gasteiger partial charge in [0.05, 0.1) is 11.4 Å². The number of carbonyl (C=O) groups is 1. The maximum absolute atomic E-state index is 12.8. The molecular formula is C25H22N4O2. The lowest BCUT2D eigenvalue weighted by atomic mass is 10.1. The number of hydrogen-bond donors (Lipinski definition) is 0. The van der Waals surface area contributed by atoms with Crippen molar-refractivity contribution in [2.24, 2.45) is 0 Å². The molecule has 6 nitrogen and oxygen atoms in total. The Labute approximate surface area is 179 Å². The summed E-state index contributed by atoms with van der Waals surface area (Å²) < 4.78 is 6.09. The van der Waals surface area contributed by atoms with Crippen molar-refractivity contribution in [2.75, 3.05) is 11.4 Å². The summed E-state index contributed by atoms with van der Waals surface area (Å²) >= 11 is 0. The number of pyridine rings is 1. The van der Waals surface area contributed by atoms with Gasteiger partial charge in [-0.3, -0.25) is 9.78 Å². The van der Waals surface area contributed by atoms with Crippen LogP contribution in [0.25, 0.3) is 22.4 Å². The van der Waals surface area contributed by atoms with E-state index < -0.39 is 0 Å². The van der Waals surface area contributed by atoms with E-state index in [9.17, 15) is 4.79 Å². The van der Waals surface area contributed by atoms with E-state index in [0.717, 1.165) is 40.7 Å². The number of amides is 1. The first-order chi connectivity index (χ1) is 15.2. The fraction of sp³-hybridized carbons (Fsp3) is 0.280. The lowest BCUT2D eigenvalue weighted by Crippen LogP contribution is -2.24. The molecule has 0 bridgehead atoms. The zero-order valence-corrected chi connectivity index (χ0v) is 17.3. The Morgan fingerprint density at radius 1 is 1.03 bits per heavy atom. The molecule has 3 heterocycles. The number of para-hydroxylation sites is 1. The lowest BCUT2D eigenvalue weighted by molar-refractivity contribution is -0.117. The molecule has 1 aliphatic carbocycles. The second kappa shape index (κ2) is 7.01. The second-order valence-electron chi connectivity index (χ2n) is 8.49. The summed E-state index contributed by atoms with van der Waals surface area (Å²) in [6.07, 6.45) is 3.82. The van der Waals surface area contributed by atoms with Crippen molar-refractivity contribution in [2.45, 2.75) is 38.5 Å². The molecule has 0 N–H and O–H groups in total. The number of hydrogen-bond acceptors (Lipinski definition) is 5. The second-order valence-corrected chi connectivity index (χ2v) is 8.49. The first-order valence-electron chi connectivity index (χ1n) is 10.8. The molecule has 6 rings (SSSR count). The monoisotopic (exact) mass is 410 g/mol. The van der Waals surface area contributed by atoms with Crippen LogP contribution in [0.4, 0.5) is 5.69 Å². The van der Waals surface area contributed by atoms with Gasteiger partial charge in [-0.25, -0.2) is 0 Å². The fourth-order valence-electron chi connectivity index (χ4n) is 4.84. The van der Waals surface area contributed by atoms with E-state index in [4.69, 9.17) is 4.42 Å². The number of rotatable bonds is 3. The number of nitrogens with zero attached hydrogens (tertiary/aromatic N) is 4. The Morgan fingerprint density at radius 2 is 1.90 bits per heavy atom. The van der Waals surface area contributed by atoms with Crippen LogP contribution in [-0.4, -0.2) is 27.6 Å². The molecule has 1 amide bonds. The van der Waals surface area contributed by atoms with Crippen LogP contribution in [0.1, 0.15) is 41.5 Å². The average molecular weight is 410 g/mol. The normalized spacial score (nSPS) is 18.2. The first-order valence-corrected chi connectivity index (χ1v) is 10.8. The summed E-state index contributed by atoms with van der Waals surface area (Å²) in [5.74, 6) is 0.995. The van der Waals surface area contributed by atoms with Gasteiger partial charge in [-0.1, -0.05) is 24.3 Å². The van der Waals surface area contributed by atoms with Crippen molar-refractivity contribution in [1.29, 1.82) is 0 Å². The molecule has 1 saturated heterocycles. The molecule has 2 aromatic heterocycles. The molecule has 154 valence electrons. The zero-order valence-electron chi connectivity index (χ0n) is 17.3. The van der Waals surface area contributed by atoms with E-state index in [1.165, 1.54) is 17.5 Å². The summed E-state index contributed by atoms with van der Waals surface area (Å²) in [6, 6.07) is 16.3. The lowest BCUT2D eigenvalue weighted by Gasteiger charge is -2.17. The summed E-state index contributed by atoms with van der Waals surface area (Å²) in [6.45, 7) is 2.52. The largest absolute Gasteiger partial charge is 0.420 e. The van der Waals surface area contributed by atoms with E-state index >= 15 is 0 Å². The minimum Gasteiger partial charge on any atom is -0.420 e. The Kier molecular flexibility index (Phi) is 4.13. The Bertz CT molecular complexity index is 1330. The van der Waals surface area contributed by atoms with Gasteiger partial charge in [-0.2, -0.15) is 0 Å². The molecule has 31 heavy (non-hydrogen) atoms. The highest BCUT2D eigenvalue weighted by molar-refractivity contribution is 5.96. The summed E-state index contributed by atoms with van der Waals surface area (Å²) in [4.78, 5) is 19.2. The van der Waals surface area contributed by atoms with Crippen molar-refractivity contribution >= 4 is 22.5 Å². The molecular weight excluding hydrogens is 388 g/mol. The number of aromatic nitrogens is 3. The molecule has 4 aromatic rings. The zero-order chi connectivity index (χ0) is 20.9. The third-order valence-corrected chi connectivity index (χ3v) is 6.38. The predicted octanol–water partition coefficient (Wildman–Crippen LogP) is 4.60.